The number of hydrogen-bond acceptors (Lipinski definition) is 7. The zero-order valence-electron chi connectivity index (χ0n) is 15.8. The van der Waals surface area contributed by atoms with Gasteiger partial charge in [-0.15, -0.1) is 0 Å². The smallest absolute Gasteiger partial charge is 0.433 e. The fourth-order valence-electron chi connectivity index (χ4n) is 2.23. The summed E-state index contributed by atoms with van der Waals surface area (Å²) in [5.41, 5.74) is 2.01. The van der Waals surface area contributed by atoms with Gasteiger partial charge in [0, 0.05) is 39.5 Å². The molecular formula is C19H21N3O6. The highest BCUT2D eigenvalue weighted by Crippen LogP contribution is 2.16. The normalized spacial score (nSPS) is 10.7. The van der Waals surface area contributed by atoms with E-state index < -0.39 is 23.4 Å². The summed E-state index contributed by atoms with van der Waals surface area (Å²) in [6.45, 7) is -0.0241. The Morgan fingerprint density at radius 2 is 1.82 bits per heavy atom. The molecule has 2 aromatic rings. The van der Waals surface area contributed by atoms with Crippen LogP contribution in [0.15, 0.2) is 46.9 Å². The molecule has 0 saturated heterocycles. The van der Waals surface area contributed by atoms with Crippen LogP contribution in [0, 0.1) is 10.1 Å². The largest absolute Gasteiger partial charge is 0.452 e. The van der Waals surface area contributed by atoms with Crippen LogP contribution in [0.2, 0.25) is 0 Å². The third kappa shape index (κ3) is 5.97. The Morgan fingerprint density at radius 1 is 1.14 bits per heavy atom. The third-order valence-corrected chi connectivity index (χ3v) is 3.81. The van der Waals surface area contributed by atoms with Crippen LogP contribution in [-0.2, 0) is 20.9 Å². The van der Waals surface area contributed by atoms with Gasteiger partial charge in [-0.05, 0) is 29.8 Å². The molecule has 0 aliphatic rings. The first-order valence-corrected chi connectivity index (χ1v) is 8.35. The van der Waals surface area contributed by atoms with E-state index in [0.717, 1.165) is 17.3 Å². The zero-order chi connectivity index (χ0) is 20.7. The Balaban J connectivity index is 1.80. The Bertz CT molecular complexity index is 870. The first-order chi connectivity index (χ1) is 13.3. The van der Waals surface area contributed by atoms with Gasteiger partial charge in [-0.2, -0.15) is 0 Å². The lowest BCUT2D eigenvalue weighted by Gasteiger charge is -2.18. The van der Waals surface area contributed by atoms with Gasteiger partial charge in [0.2, 0.25) is 0 Å². The van der Waals surface area contributed by atoms with Gasteiger partial charge in [0.15, 0.2) is 6.61 Å². The molecule has 2 rings (SSSR count). The van der Waals surface area contributed by atoms with Crippen molar-refractivity contribution in [1.29, 1.82) is 0 Å². The average Bonchev–Trinajstić information content (AvgIpc) is 3.14. The van der Waals surface area contributed by atoms with E-state index in [-0.39, 0.29) is 11.7 Å². The first-order valence-electron chi connectivity index (χ1n) is 8.35. The Morgan fingerprint density at radius 3 is 2.39 bits per heavy atom. The molecule has 9 heteroatoms. The number of nitrogens with zero attached hydrogens (tertiary/aromatic N) is 3. The number of esters is 1. The second-order valence-corrected chi connectivity index (χ2v) is 6.18. The lowest BCUT2D eigenvalue weighted by atomic mass is 10.2. The maximum Gasteiger partial charge on any atom is 0.433 e. The number of hydrogen-bond donors (Lipinski definition) is 0. The van der Waals surface area contributed by atoms with E-state index in [2.05, 4.69) is 0 Å². The number of rotatable bonds is 8. The van der Waals surface area contributed by atoms with Gasteiger partial charge < -0.3 is 19.0 Å². The monoisotopic (exact) mass is 387 g/mol. The predicted molar refractivity (Wildman–Crippen MR) is 103 cm³/mol. The zero-order valence-corrected chi connectivity index (χ0v) is 15.8. The number of nitro groups is 1. The van der Waals surface area contributed by atoms with E-state index >= 15 is 0 Å². The van der Waals surface area contributed by atoms with Crippen molar-refractivity contribution in [3.63, 3.8) is 0 Å². The number of anilines is 1. The van der Waals surface area contributed by atoms with Gasteiger partial charge >= 0.3 is 11.9 Å². The summed E-state index contributed by atoms with van der Waals surface area (Å²) < 4.78 is 9.77. The van der Waals surface area contributed by atoms with Crippen molar-refractivity contribution in [2.24, 2.45) is 0 Å². The topological polar surface area (TPSA) is 106 Å². The molecule has 0 radical (unpaired) electrons. The van der Waals surface area contributed by atoms with Crippen LogP contribution in [0.25, 0.3) is 6.08 Å². The second kappa shape index (κ2) is 9.36. The summed E-state index contributed by atoms with van der Waals surface area (Å²) in [5, 5.41) is 10.5. The molecule has 148 valence electrons. The van der Waals surface area contributed by atoms with E-state index in [4.69, 9.17) is 9.15 Å². The summed E-state index contributed by atoms with van der Waals surface area (Å²) >= 11 is 0. The summed E-state index contributed by atoms with van der Waals surface area (Å²) in [5.74, 6) is -1.40. The van der Waals surface area contributed by atoms with Crippen molar-refractivity contribution < 1.29 is 23.7 Å². The molecule has 1 heterocycles. The molecule has 9 nitrogen and oxygen atoms in total. The summed E-state index contributed by atoms with van der Waals surface area (Å²) in [7, 11) is 5.51. The van der Waals surface area contributed by atoms with E-state index in [1.807, 2.05) is 43.3 Å². The molecule has 1 amide bonds. The number of likely N-dealkylation sites (N-methyl/N-ethyl adjacent to an activating group) is 1. The Labute approximate surface area is 161 Å². The number of furan rings is 1. The highest BCUT2D eigenvalue weighted by atomic mass is 16.6. The lowest BCUT2D eigenvalue weighted by Crippen LogP contribution is -2.30. The van der Waals surface area contributed by atoms with Crippen molar-refractivity contribution in [1.82, 2.24) is 4.90 Å². The number of benzene rings is 1. The number of carbonyl (C=O) groups excluding carboxylic acids is 2. The number of carbonyl (C=O) groups is 2. The van der Waals surface area contributed by atoms with E-state index in [9.17, 15) is 19.7 Å². The third-order valence-electron chi connectivity index (χ3n) is 3.81. The Hall–Kier alpha value is -3.62. The fraction of sp³-hybridized carbons (Fsp3) is 0.263. The molecule has 28 heavy (non-hydrogen) atoms. The molecular weight excluding hydrogens is 366 g/mol. The van der Waals surface area contributed by atoms with Gasteiger partial charge in [-0.1, -0.05) is 12.1 Å². The fourth-order valence-corrected chi connectivity index (χ4v) is 2.23. The van der Waals surface area contributed by atoms with E-state index in [1.165, 1.54) is 23.1 Å². The maximum absolute atomic E-state index is 12.1. The van der Waals surface area contributed by atoms with Gasteiger partial charge in [0.25, 0.3) is 5.91 Å². The molecule has 0 saturated carbocycles. The molecule has 0 bridgehead atoms. The van der Waals surface area contributed by atoms with Crippen molar-refractivity contribution in [3.8, 4) is 0 Å². The number of ether oxygens (including phenoxy) is 1. The summed E-state index contributed by atoms with van der Waals surface area (Å²) in [6.07, 6.45) is 2.27. The highest BCUT2D eigenvalue weighted by Gasteiger charge is 2.13. The molecule has 0 N–H and O–H groups in total. The summed E-state index contributed by atoms with van der Waals surface area (Å²) in [4.78, 5) is 37.1. The van der Waals surface area contributed by atoms with Crippen LogP contribution in [0.4, 0.5) is 11.6 Å². The average molecular weight is 387 g/mol. The van der Waals surface area contributed by atoms with Crippen molar-refractivity contribution in [3.05, 3.63) is 63.9 Å². The van der Waals surface area contributed by atoms with Crippen LogP contribution in [0.3, 0.4) is 0 Å². The minimum absolute atomic E-state index is 0.133. The van der Waals surface area contributed by atoms with Crippen molar-refractivity contribution in [2.45, 2.75) is 6.54 Å². The minimum Gasteiger partial charge on any atom is -0.452 e. The SMILES string of the molecule is CN(Cc1ccc(N(C)C)cc1)C(=O)COC(=O)/C=C/c1ccc([N+](=O)[O-])o1. The summed E-state index contributed by atoms with van der Waals surface area (Å²) in [6, 6.07) is 10.3. The molecule has 0 spiro atoms. The predicted octanol–water partition coefficient (Wildman–Crippen LogP) is 2.47. The van der Waals surface area contributed by atoms with Crippen LogP contribution in [0.5, 0.6) is 0 Å². The number of amides is 1. The highest BCUT2D eigenvalue weighted by molar-refractivity contribution is 5.88. The molecule has 0 aliphatic carbocycles. The van der Waals surface area contributed by atoms with Crippen LogP contribution >= 0.6 is 0 Å². The lowest BCUT2D eigenvalue weighted by molar-refractivity contribution is -0.402. The quantitative estimate of drug-likeness (QED) is 0.296. The van der Waals surface area contributed by atoms with Gasteiger partial charge in [-0.3, -0.25) is 14.9 Å². The maximum atomic E-state index is 12.1. The van der Waals surface area contributed by atoms with E-state index in [1.54, 1.807) is 7.05 Å². The Kier molecular flexibility index (Phi) is 6.91. The van der Waals surface area contributed by atoms with Crippen molar-refractivity contribution >= 4 is 29.5 Å². The molecule has 1 aromatic carbocycles. The minimum atomic E-state index is -0.754. The molecule has 1 aromatic heterocycles. The van der Waals surface area contributed by atoms with Gasteiger partial charge in [-0.25, -0.2) is 4.79 Å². The molecule has 0 unspecified atom stereocenters. The van der Waals surface area contributed by atoms with Gasteiger partial charge in [0.1, 0.15) is 10.7 Å². The second-order valence-electron chi connectivity index (χ2n) is 6.18. The van der Waals surface area contributed by atoms with Crippen molar-refractivity contribution in [2.75, 3.05) is 32.6 Å². The van der Waals surface area contributed by atoms with Crippen LogP contribution < -0.4 is 4.90 Å². The molecule has 0 fully saturated rings. The first kappa shape index (κ1) is 20.7. The van der Waals surface area contributed by atoms with E-state index in [0.29, 0.717) is 6.54 Å². The van der Waals surface area contributed by atoms with Gasteiger partial charge in [0.05, 0.1) is 6.07 Å². The standard InChI is InChI=1S/C19H21N3O6/c1-20(2)15-6-4-14(5-7-15)12-21(3)17(23)13-27-19(24)11-9-16-8-10-18(28-16)22(25)26/h4-11H,12-13H2,1-3H3/b11-9+. The van der Waals surface area contributed by atoms with Crippen LogP contribution in [-0.4, -0.2) is 49.4 Å². The van der Waals surface area contributed by atoms with Crippen LogP contribution in [0.1, 0.15) is 11.3 Å². The molecule has 0 atom stereocenters. The molecule has 0 aliphatic heterocycles.